The normalized spacial score (nSPS) is 16.4. The first-order valence-electron chi connectivity index (χ1n) is 2.86. The maximum absolute atomic E-state index is 10.4. The van der Waals surface area contributed by atoms with Gasteiger partial charge < -0.3 is 11.5 Å². The van der Waals surface area contributed by atoms with Gasteiger partial charge in [0.15, 0.2) is 0 Å². The molecular formula is C5H12I2N2OPt. The first-order valence-corrected chi connectivity index (χ1v) is 15.7. The number of carbonyl (C=O) groups excluding carboxylic acids is 1. The third-order valence-electron chi connectivity index (χ3n) is 1.16. The number of hydrogen-bond acceptors (Lipinski definition) is 3. The minimum atomic E-state index is 0. The third-order valence-corrected chi connectivity index (χ3v) is 1.16. The maximum atomic E-state index is 10.4. The summed E-state index contributed by atoms with van der Waals surface area (Å²) < 4.78 is 0. The van der Waals surface area contributed by atoms with Crippen molar-refractivity contribution in [2.45, 2.75) is 12.8 Å². The van der Waals surface area contributed by atoms with E-state index in [0.717, 1.165) is 25.9 Å². The molecule has 0 saturated carbocycles. The van der Waals surface area contributed by atoms with Crippen molar-refractivity contribution in [1.82, 2.24) is 11.5 Å². The molecule has 1 rings (SSSR count). The van der Waals surface area contributed by atoms with Crippen LogP contribution in [-0.4, -0.2) is 18.9 Å². The molecule has 1 saturated heterocycles. The molecule has 6 heteroatoms. The molecule has 0 aromatic heterocycles. The Bertz CT molecular complexity index is 96.5. The molecule has 1 aliphatic heterocycles. The van der Waals surface area contributed by atoms with E-state index in [2.05, 4.69) is 44.0 Å². The van der Waals surface area contributed by atoms with Gasteiger partial charge in [0, 0.05) is 25.9 Å². The number of halogens is 2. The van der Waals surface area contributed by atoms with Crippen LogP contribution >= 0.6 is 38.7 Å². The van der Waals surface area contributed by atoms with Crippen LogP contribution in [0, 0.1) is 0 Å². The summed E-state index contributed by atoms with van der Waals surface area (Å²) in [5.74, 6) is 0.402. The molecule has 0 radical (unpaired) electrons. The van der Waals surface area contributed by atoms with Crippen molar-refractivity contribution in [3.63, 3.8) is 0 Å². The van der Waals surface area contributed by atoms with Gasteiger partial charge in [-0.25, -0.2) is 0 Å². The number of rotatable bonds is 0. The van der Waals surface area contributed by atoms with Gasteiger partial charge in [-0.15, -0.1) is 0 Å². The molecule has 0 bridgehead atoms. The minimum absolute atomic E-state index is 0. The Morgan fingerprint density at radius 3 is 1.82 bits per heavy atom. The Hall–Kier alpha value is 1.74. The fraction of sp³-hybridized carbons (Fsp3) is 0.800. The number of hydrogen-bond donors (Lipinski definition) is 2. The van der Waals surface area contributed by atoms with E-state index in [9.17, 15) is 4.79 Å². The van der Waals surface area contributed by atoms with E-state index < -0.39 is 0 Å². The molecule has 72 valence electrons. The van der Waals surface area contributed by atoms with Crippen molar-refractivity contribution >= 4 is 44.5 Å². The molecule has 11 heavy (non-hydrogen) atoms. The molecule has 0 atom stereocenters. The number of ketones is 1. The summed E-state index contributed by atoms with van der Waals surface area (Å²) in [5, 5.41) is 3.09. The predicted octanol–water partition coefficient (Wildman–Crippen LogP) is 1.87. The van der Waals surface area contributed by atoms with Crippen molar-refractivity contribution < 1.29 is 16.0 Å². The SMILES string of the molecule is N.O=C1CCNCC1.[I][Pt][I]. The van der Waals surface area contributed by atoms with Crippen LogP contribution in [0.4, 0.5) is 0 Å². The fourth-order valence-corrected chi connectivity index (χ4v) is 0.706. The molecule has 0 aliphatic carbocycles. The zero-order valence-corrected chi connectivity index (χ0v) is 12.6. The van der Waals surface area contributed by atoms with E-state index in [4.69, 9.17) is 0 Å². The summed E-state index contributed by atoms with van der Waals surface area (Å²) in [6.07, 6.45) is 1.47. The molecule has 0 spiro atoms. The monoisotopic (exact) mass is 565 g/mol. The molecule has 0 aromatic carbocycles. The number of piperidine rings is 1. The summed E-state index contributed by atoms with van der Waals surface area (Å²) in [5.41, 5.74) is 0. The Morgan fingerprint density at radius 1 is 1.27 bits per heavy atom. The van der Waals surface area contributed by atoms with Gasteiger partial charge in [-0.2, -0.15) is 0 Å². The van der Waals surface area contributed by atoms with Gasteiger partial charge in [-0.1, -0.05) is 0 Å². The Labute approximate surface area is 96.6 Å². The van der Waals surface area contributed by atoms with Gasteiger partial charge in [0.1, 0.15) is 5.78 Å². The van der Waals surface area contributed by atoms with Crippen molar-refractivity contribution in [3.05, 3.63) is 0 Å². The number of nitrogens with one attached hydrogen (secondary N) is 1. The van der Waals surface area contributed by atoms with Crippen LogP contribution in [0.25, 0.3) is 0 Å². The van der Waals surface area contributed by atoms with Crippen molar-refractivity contribution in [2.75, 3.05) is 13.1 Å². The second kappa shape index (κ2) is 11.7. The van der Waals surface area contributed by atoms with E-state index >= 15 is 0 Å². The van der Waals surface area contributed by atoms with Gasteiger partial charge in [0.2, 0.25) is 0 Å². The Morgan fingerprint density at radius 2 is 1.64 bits per heavy atom. The fourth-order valence-electron chi connectivity index (χ4n) is 0.706. The second-order valence-corrected chi connectivity index (χ2v) is 18.4. The zero-order chi connectivity index (χ0) is 7.82. The predicted molar refractivity (Wildman–Crippen MR) is 60.2 cm³/mol. The van der Waals surface area contributed by atoms with Gasteiger partial charge in [0.25, 0.3) is 0 Å². The Kier molecular flexibility index (Phi) is 16.2. The van der Waals surface area contributed by atoms with E-state index in [1.807, 2.05) is 0 Å². The molecule has 0 unspecified atom stereocenters. The van der Waals surface area contributed by atoms with Crippen LogP contribution in [0.2, 0.25) is 0 Å². The zero-order valence-electron chi connectivity index (χ0n) is 6.02. The van der Waals surface area contributed by atoms with Crippen LogP contribution < -0.4 is 11.5 Å². The molecule has 3 nitrogen and oxygen atoms in total. The number of carbonyl (C=O) groups is 1. The number of Topliss-reactive ketones (excluding diaryl/α,β-unsaturated/α-hetero) is 1. The van der Waals surface area contributed by atoms with E-state index in [1.165, 1.54) is 0 Å². The molecule has 4 N–H and O–H groups in total. The van der Waals surface area contributed by atoms with E-state index in [-0.39, 0.29) is 6.15 Å². The first-order chi connectivity index (χ1) is 4.81. The molecule has 1 fully saturated rings. The van der Waals surface area contributed by atoms with Crippen LogP contribution in [0.5, 0.6) is 0 Å². The second-order valence-electron chi connectivity index (χ2n) is 1.83. The first kappa shape index (κ1) is 15.2. The summed E-state index contributed by atoms with van der Waals surface area (Å²) in [6, 6.07) is 0. The summed E-state index contributed by atoms with van der Waals surface area (Å²) in [4.78, 5) is 10.4. The summed E-state index contributed by atoms with van der Waals surface area (Å²) in [6.45, 7) is 1.78. The molecule has 0 aromatic rings. The summed E-state index contributed by atoms with van der Waals surface area (Å²) >= 11 is 5.30. The van der Waals surface area contributed by atoms with Gasteiger partial charge in [-0.05, 0) is 0 Å². The van der Waals surface area contributed by atoms with E-state index in [0.29, 0.717) is 17.0 Å². The van der Waals surface area contributed by atoms with Crippen LogP contribution in [0.15, 0.2) is 0 Å². The van der Waals surface area contributed by atoms with E-state index in [1.54, 1.807) is 0 Å². The van der Waals surface area contributed by atoms with Crippen LogP contribution in [0.3, 0.4) is 0 Å². The average Bonchev–Trinajstić information content (AvgIpc) is 1.91. The topological polar surface area (TPSA) is 64.1 Å². The van der Waals surface area contributed by atoms with Crippen molar-refractivity contribution in [1.29, 1.82) is 0 Å². The van der Waals surface area contributed by atoms with Crippen LogP contribution in [-0.2, 0) is 16.0 Å². The third kappa shape index (κ3) is 11.7. The van der Waals surface area contributed by atoms with Gasteiger partial charge >= 0.3 is 49.9 Å². The average molecular weight is 565 g/mol. The quantitative estimate of drug-likeness (QED) is 0.442. The molecule has 1 aliphatic rings. The van der Waals surface area contributed by atoms with Crippen LogP contribution in [0.1, 0.15) is 12.8 Å². The molecular weight excluding hydrogens is 553 g/mol. The summed E-state index contributed by atoms with van der Waals surface area (Å²) in [7, 11) is 0. The molecule has 1 heterocycles. The molecule has 0 amide bonds. The standard InChI is InChI=1S/C5H9NO.2HI.H3N.Pt/c7-5-1-3-6-4-2-5;;;;/h6H,1-4H2;2*1H;1H3;/q;;;;+2/p-2. The van der Waals surface area contributed by atoms with Gasteiger partial charge in [0.05, 0.1) is 0 Å². The Balaban J connectivity index is 0. The van der Waals surface area contributed by atoms with Crippen molar-refractivity contribution in [3.8, 4) is 0 Å². The van der Waals surface area contributed by atoms with Crippen molar-refractivity contribution in [2.24, 2.45) is 0 Å². The van der Waals surface area contributed by atoms with Gasteiger partial charge in [-0.3, -0.25) is 4.79 Å².